The van der Waals surface area contributed by atoms with Gasteiger partial charge in [-0.25, -0.2) is 4.98 Å². The summed E-state index contributed by atoms with van der Waals surface area (Å²) in [6, 6.07) is 28.5. The lowest BCUT2D eigenvalue weighted by atomic mass is 10.1. The smallest absolute Gasteiger partial charge is 0.138 e. The molecule has 0 aliphatic carbocycles. The number of hydrogen-bond acceptors (Lipinski definition) is 2. The van der Waals surface area contributed by atoms with E-state index in [1.54, 1.807) is 6.08 Å². The second-order valence-electron chi connectivity index (χ2n) is 6.17. The van der Waals surface area contributed by atoms with Crippen LogP contribution in [0, 0.1) is 0 Å². The van der Waals surface area contributed by atoms with E-state index in [0.717, 1.165) is 39.7 Å². The summed E-state index contributed by atoms with van der Waals surface area (Å²) in [5, 5.41) is 0. The molecule has 1 aromatic heterocycles. The van der Waals surface area contributed by atoms with Crippen LogP contribution in [-0.4, -0.2) is 16.6 Å². The van der Waals surface area contributed by atoms with Crippen molar-refractivity contribution in [2.75, 3.05) is 6.61 Å². The molecule has 132 valence electrons. The van der Waals surface area contributed by atoms with E-state index in [4.69, 9.17) is 9.72 Å². The molecule has 0 atom stereocenters. The van der Waals surface area contributed by atoms with Crippen molar-refractivity contribution < 1.29 is 4.74 Å². The van der Waals surface area contributed by atoms with E-state index < -0.39 is 0 Å². The Morgan fingerprint density at radius 2 is 1.41 bits per heavy atom. The van der Waals surface area contributed by atoms with Gasteiger partial charge in [-0.15, -0.1) is 0 Å². The van der Waals surface area contributed by atoms with Gasteiger partial charge in [0.2, 0.25) is 0 Å². The van der Waals surface area contributed by atoms with Crippen LogP contribution in [0.15, 0.2) is 97.6 Å². The molecule has 3 nitrogen and oxygen atoms in total. The lowest BCUT2D eigenvalue weighted by Crippen LogP contribution is -1.92. The minimum absolute atomic E-state index is 0.496. The highest BCUT2D eigenvalue weighted by Gasteiger charge is 2.15. The molecule has 3 heteroatoms. The summed E-state index contributed by atoms with van der Waals surface area (Å²) in [5.41, 5.74) is 5.18. The van der Waals surface area contributed by atoms with Crippen LogP contribution < -0.4 is 4.74 Å². The van der Waals surface area contributed by atoms with Gasteiger partial charge >= 0.3 is 0 Å². The van der Waals surface area contributed by atoms with Gasteiger partial charge in [0.25, 0.3) is 0 Å². The second kappa shape index (κ2) is 7.75. The summed E-state index contributed by atoms with van der Waals surface area (Å²) in [5.74, 6) is 1.65. The topological polar surface area (TPSA) is 37.9 Å². The van der Waals surface area contributed by atoms with Crippen LogP contribution in [0.2, 0.25) is 0 Å². The summed E-state index contributed by atoms with van der Waals surface area (Å²) < 4.78 is 5.56. The Labute approximate surface area is 159 Å². The van der Waals surface area contributed by atoms with E-state index in [9.17, 15) is 0 Å². The lowest BCUT2D eigenvalue weighted by Gasteiger charge is -2.03. The molecule has 1 heterocycles. The zero-order chi connectivity index (χ0) is 18.5. The highest BCUT2D eigenvalue weighted by atomic mass is 16.5. The third kappa shape index (κ3) is 3.67. The number of benzene rings is 3. The maximum atomic E-state index is 5.56. The quantitative estimate of drug-likeness (QED) is 0.434. The first kappa shape index (κ1) is 16.9. The molecule has 3 aromatic carbocycles. The molecule has 0 aliphatic rings. The zero-order valence-corrected chi connectivity index (χ0v) is 14.9. The monoisotopic (exact) mass is 352 g/mol. The highest BCUT2D eigenvalue weighted by molar-refractivity contribution is 5.81. The van der Waals surface area contributed by atoms with Crippen molar-refractivity contribution in [3.8, 4) is 39.7 Å². The Hall–Kier alpha value is -3.59. The summed E-state index contributed by atoms with van der Waals surface area (Å²) in [6.45, 7) is 4.17. The van der Waals surface area contributed by atoms with E-state index in [-0.39, 0.29) is 0 Å². The molecule has 4 aromatic rings. The van der Waals surface area contributed by atoms with Crippen molar-refractivity contribution in [2.24, 2.45) is 0 Å². The molecule has 0 amide bonds. The fraction of sp³-hybridized carbons (Fsp3) is 0.0417. The summed E-state index contributed by atoms with van der Waals surface area (Å²) in [4.78, 5) is 8.41. The number of imidazole rings is 1. The Kier molecular flexibility index (Phi) is 4.84. The molecule has 0 bridgehead atoms. The van der Waals surface area contributed by atoms with Crippen LogP contribution in [0.4, 0.5) is 0 Å². The Morgan fingerprint density at radius 1 is 0.778 bits per heavy atom. The summed E-state index contributed by atoms with van der Waals surface area (Å²) in [6.07, 6.45) is 1.73. The van der Waals surface area contributed by atoms with Crippen molar-refractivity contribution >= 4 is 0 Å². The summed E-state index contributed by atoms with van der Waals surface area (Å²) >= 11 is 0. The fourth-order valence-corrected chi connectivity index (χ4v) is 2.99. The van der Waals surface area contributed by atoms with Gasteiger partial charge in [0.15, 0.2) is 0 Å². The van der Waals surface area contributed by atoms with Gasteiger partial charge in [-0.2, -0.15) is 0 Å². The van der Waals surface area contributed by atoms with E-state index in [0.29, 0.717) is 6.61 Å². The number of aromatic amines is 1. The third-order valence-corrected chi connectivity index (χ3v) is 4.31. The number of nitrogens with zero attached hydrogens (tertiary/aromatic N) is 1. The van der Waals surface area contributed by atoms with Gasteiger partial charge < -0.3 is 9.72 Å². The molecule has 0 unspecified atom stereocenters. The molecule has 0 aliphatic heterocycles. The first-order chi connectivity index (χ1) is 13.3. The number of aromatic nitrogens is 2. The van der Waals surface area contributed by atoms with Crippen LogP contribution in [-0.2, 0) is 0 Å². The standard InChI is InChI=1S/C24H20N2O/c1-2-17-27-21-15-13-20(14-16-21)24-25-22(18-9-5-3-6-10-18)23(26-24)19-11-7-4-8-12-19/h2-16H,1,17H2,(H,25,26). The van der Waals surface area contributed by atoms with Gasteiger partial charge in [0, 0.05) is 16.7 Å². The van der Waals surface area contributed by atoms with Crippen LogP contribution >= 0.6 is 0 Å². The van der Waals surface area contributed by atoms with Crippen molar-refractivity contribution in [1.29, 1.82) is 0 Å². The first-order valence-corrected chi connectivity index (χ1v) is 8.90. The lowest BCUT2D eigenvalue weighted by molar-refractivity contribution is 0.363. The van der Waals surface area contributed by atoms with Crippen molar-refractivity contribution in [3.05, 3.63) is 97.6 Å². The minimum atomic E-state index is 0.496. The van der Waals surface area contributed by atoms with Gasteiger partial charge in [0.05, 0.1) is 11.4 Å². The van der Waals surface area contributed by atoms with Crippen molar-refractivity contribution in [2.45, 2.75) is 0 Å². The Bertz CT molecular complexity index is 962. The largest absolute Gasteiger partial charge is 0.490 e. The maximum absolute atomic E-state index is 5.56. The maximum Gasteiger partial charge on any atom is 0.138 e. The molecule has 0 fully saturated rings. The van der Waals surface area contributed by atoms with Crippen LogP contribution in [0.3, 0.4) is 0 Å². The van der Waals surface area contributed by atoms with E-state index >= 15 is 0 Å². The number of hydrogen-bond donors (Lipinski definition) is 1. The Balaban J connectivity index is 1.76. The average molecular weight is 352 g/mol. The molecular weight excluding hydrogens is 332 g/mol. The van der Waals surface area contributed by atoms with Crippen molar-refractivity contribution in [1.82, 2.24) is 9.97 Å². The second-order valence-corrected chi connectivity index (χ2v) is 6.17. The first-order valence-electron chi connectivity index (χ1n) is 8.90. The predicted molar refractivity (Wildman–Crippen MR) is 111 cm³/mol. The third-order valence-electron chi connectivity index (χ3n) is 4.31. The van der Waals surface area contributed by atoms with E-state index in [1.807, 2.05) is 60.7 Å². The molecule has 0 spiro atoms. The SMILES string of the molecule is C=CCOc1ccc(-c2nc(-c3ccccc3)c(-c3ccccc3)[nH]2)cc1. The van der Waals surface area contributed by atoms with Crippen LogP contribution in [0.25, 0.3) is 33.9 Å². The van der Waals surface area contributed by atoms with Crippen LogP contribution in [0.1, 0.15) is 0 Å². The Morgan fingerprint density at radius 3 is 2.04 bits per heavy atom. The molecule has 27 heavy (non-hydrogen) atoms. The number of H-pyrrole nitrogens is 1. The molecule has 0 saturated heterocycles. The van der Waals surface area contributed by atoms with Gasteiger partial charge in [-0.05, 0) is 24.3 Å². The molecule has 4 rings (SSSR count). The molecular formula is C24H20N2O. The van der Waals surface area contributed by atoms with Gasteiger partial charge in [-0.3, -0.25) is 0 Å². The molecule has 0 radical (unpaired) electrons. The minimum Gasteiger partial charge on any atom is -0.490 e. The number of ether oxygens (including phenoxy) is 1. The molecule has 0 saturated carbocycles. The molecule has 1 N–H and O–H groups in total. The average Bonchev–Trinajstić information content (AvgIpc) is 3.19. The predicted octanol–water partition coefficient (Wildman–Crippen LogP) is 5.98. The van der Waals surface area contributed by atoms with Crippen LogP contribution in [0.5, 0.6) is 5.75 Å². The van der Waals surface area contributed by atoms with Gasteiger partial charge in [-0.1, -0.05) is 73.3 Å². The van der Waals surface area contributed by atoms with Crippen molar-refractivity contribution in [3.63, 3.8) is 0 Å². The van der Waals surface area contributed by atoms with Gasteiger partial charge in [0.1, 0.15) is 18.2 Å². The zero-order valence-electron chi connectivity index (χ0n) is 14.9. The van der Waals surface area contributed by atoms with E-state index in [1.165, 1.54) is 0 Å². The van der Waals surface area contributed by atoms with E-state index in [2.05, 4.69) is 35.8 Å². The summed E-state index contributed by atoms with van der Waals surface area (Å²) in [7, 11) is 0. The number of rotatable bonds is 6. The highest BCUT2D eigenvalue weighted by Crippen LogP contribution is 2.33. The number of nitrogens with one attached hydrogen (secondary N) is 1. The normalized spacial score (nSPS) is 10.5. The fourth-order valence-electron chi connectivity index (χ4n) is 2.99.